The van der Waals surface area contributed by atoms with Crippen LogP contribution >= 0.6 is 0 Å². The molecule has 0 unspecified atom stereocenters. The Labute approximate surface area is 127 Å². The first-order valence-electron chi connectivity index (χ1n) is 6.17. The molecule has 9 heteroatoms. The number of ether oxygens (including phenoxy) is 2. The molecule has 0 aliphatic heterocycles. The Hall–Kier alpha value is -2.39. The number of nitrogens with two attached hydrogens (primary N) is 1. The number of rotatable bonds is 5. The summed E-state index contributed by atoms with van der Waals surface area (Å²) in [7, 11) is -1.26. The maximum atomic E-state index is 11.7. The third-order valence-corrected chi connectivity index (χ3v) is 3.72. The molecule has 0 aliphatic carbocycles. The van der Waals surface area contributed by atoms with Crippen LogP contribution in [0.15, 0.2) is 35.4 Å². The zero-order valence-corrected chi connectivity index (χ0v) is 12.8. The number of carbonyl (C=O) groups excluding carboxylic acids is 1. The van der Waals surface area contributed by atoms with Gasteiger partial charge in [-0.3, -0.25) is 4.68 Å². The van der Waals surface area contributed by atoms with E-state index in [0.717, 1.165) is 11.6 Å². The lowest BCUT2D eigenvalue weighted by Crippen LogP contribution is -2.14. The van der Waals surface area contributed by atoms with E-state index in [-0.39, 0.29) is 17.3 Å². The molecule has 0 amide bonds. The third kappa shape index (κ3) is 3.43. The summed E-state index contributed by atoms with van der Waals surface area (Å²) in [6.45, 7) is 0.184. The molecule has 0 saturated heterocycles. The SMILES string of the molecule is COC(=O)c1cc(S(N)(=O)=O)nn1Cc1ccc(OC)cc1. The summed E-state index contributed by atoms with van der Waals surface area (Å²) in [5.41, 5.74) is 0.803. The van der Waals surface area contributed by atoms with Crippen LogP contribution in [0.2, 0.25) is 0 Å². The average molecular weight is 325 g/mol. The second kappa shape index (κ2) is 6.16. The van der Waals surface area contributed by atoms with Crippen molar-refractivity contribution in [2.45, 2.75) is 11.6 Å². The first kappa shape index (κ1) is 16.0. The van der Waals surface area contributed by atoms with Crippen molar-refractivity contribution in [3.05, 3.63) is 41.6 Å². The molecule has 2 aromatic rings. The highest BCUT2D eigenvalue weighted by Gasteiger charge is 2.21. The summed E-state index contributed by atoms with van der Waals surface area (Å²) in [6, 6.07) is 8.13. The zero-order chi connectivity index (χ0) is 16.3. The normalized spacial score (nSPS) is 11.2. The summed E-state index contributed by atoms with van der Waals surface area (Å²) in [5, 5.41) is 8.51. The van der Waals surface area contributed by atoms with Gasteiger partial charge >= 0.3 is 5.97 Å². The van der Waals surface area contributed by atoms with E-state index in [1.54, 1.807) is 31.4 Å². The van der Waals surface area contributed by atoms with Crippen LogP contribution in [0.25, 0.3) is 0 Å². The lowest BCUT2D eigenvalue weighted by atomic mass is 10.2. The molecular formula is C13H15N3O5S. The largest absolute Gasteiger partial charge is 0.497 e. The minimum atomic E-state index is -4.01. The van der Waals surface area contributed by atoms with Gasteiger partial charge in [0.1, 0.15) is 11.4 Å². The Bertz CT molecular complexity index is 781. The minimum Gasteiger partial charge on any atom is -0.497 e. The van der Waals surface area contributed by atoms with E-state index in [4.69, 9.17) is 9.88 Å². The number of aromatic nitrogens is 2. The predicted octanol–water partition coefficient (Wildman–Crippen LogP) is 0.374. The first-order valence-corrected chi connectivity index (χ1v) is 7.71. The van der Waals surface area contributed by atoms with Gasteiger partial charge in [0.05, 0.1) is 20.8 Å². The average Bonchev–Trinajstić information content (AvgIpc) is 2.91. The van der Waals surface area contributed by atoms with E-state index in [9.17, 15) is 13.2 Å². The first-order chi connectivity index (χ1) is 10.3. The quantitative estimate of drug-likeness (QED) is 0.795. The molecule has 1 heterocycles. The van der Waals surface area contributed by atoms with Crippen LogP contribution in [0.1, 0.15) is 16.1 Å². The Morgan fingerprint density at radius 1 is 1.27 bits per heavy atom. The molecule has 1 aromatic heterocycles. The summed E-state index contributed by atoms with van der Waals surface area (Å²) in [5.74, 6) is -0.0152. The summed E-state index contributed by atoms with van der Waals surface area (Å²) < 4.78 is 33.7. The fourth-order valence-corrected chi connectivity index (χ4v) is 2.31. The highest BCUT2D eigenvalue weighted by Crippen LogP contribution is 2.15. The van der Waals surface area contributed by atoms with Crippen molar-refractivity contribution < 1.29 is 22.7 Å². The van der Waals surface area contributed by atoms with Crippen LogP contribution in [0.5, 0.6) is 5.75 Å². The second-order valence-corrected chi connectivity index (χ2v) is 5.92. The minimum absolute atomic E-state index is 0.00217. The van der Waals surface area contributed by atoms with E-state index >= 15 is 0 Å². The molecule has 2 N–H and O–H groups in total. The molecule has 0 fully saturated rings. The second-order valence-electron chi connectivity index (χ2n) is 4.41. The van der Waals surface area contributed by atoms with Crippen LogP contribution < -0.4 is 9.88 Å². The molecule has 0 bridgehead atoms. The molecule has 118 valence electrons. The van der Waals surface area contributed by atoms with E-state index in [1.165, 1.54) is 11.8 Å². The van der Waals surface area contributed by atoms with E-state index in [1.807, 2.05) is 0 Å². The smallest absolute Gasteiger partial charge is 0.356 e. The monoisotopic (exact) mass is 325 g/mol. The van der Waals surface area contributed by atoms with Crippen molar-refractivity contribution in [3.63, 3.8) is 0 Å². The van der Waals surface area contributed by atoms with Crippen molar-refractivity contribution in [2.24, 2.45) is 5.14 Å². The van der Waals surface area contributed by atoms with Crippen LogP contribution in [0.3, 0.4) is 0 Å². The topological polar surface area (TPSA) is 114 Å². The Morgan fingerprint density at radius 3 is 2.41 bits per heavy atom. The lowest BCUT2D eigenvalue weighted by molar-refractivity contribution is 0.0587. The maximum Gasteiger partial charge on any atom is 0.356 e. The molecular weight excluding hydrogens is 310 g/mol. The fourth-order valence-electron chi connectivity index (χ4n) is 1.83. The predicted molar refractivity (Wildman–Crippen MR) is 77.0 cm³/mol. The van der Waals surface area contributed by atoms with E-state index < -0.39 is 16.0 Å². The number of nitrogens with zero attached hydrogens (tertiary/aromatic N) is 2. The molecule has 2 rings (SSSR count). The van der Waals surface area contributed by atoms with Gasteiger partial charge in [-0.15, -0.1) is 0 Å². The summed E-state index contributed by atoms with van der Waals surface area (Å²) in [6.07, 6.45) is 0. The fraction of sp³-hybridized carbons (Fsp3) is 0.231. The van der Waals surface area contributed by atoms with Crippen molar-refractivity contribution in [3.8, 4) is 5.75 Å². The van der Waals surface area contributed by atoms with Gasteiger partial charge in [-0.1, -0.05) is 12.1 Å². The molecule has 0 spiro atoms. The number of hydrogen-bond acceptors (Lipinski definition) is 6. The molecule has 0 radical (unpaired) electrons. The number of carbonyl (C=O) groups is 1. The van der Waals surface area contributed by atoms with Gasteiger partial charge in [-0.2, -0.15) is 5.10 Å². The van der Waals surface area contributed by atoms with Gasteiger partial charge in [-0.05, 0) is 17.7 Å². The van der Waals surface area contributed by atoms with Gasteiger partial charge in [0, 0.05) is 6.07 Å². The molecule has 8 nitrogen and oxygen atoms in total. The molecule has 1 aromatic carbocycles. The summed E-state index contributed by atoms with van der Waals surface area (Å²) >= 11 is 0. The van der Waals surface area contributed by atoms with Gasteiger partial charge in [0.25, 0.3) is 10.0 Å². The van der Waals surface area contributed by atoms with E-state index in [2.05, 4.69) is 9.84 Å². The number of methoxy groups -OCH3 is 2. The van der Waals surface area contributed by atoms with Gasteiger partial charge in [0.15, 0.2) is 5.03 Å². The number of primary sulfonamides is 1. The van der Waals surface area contributed by atoms with Crippen molar-refractivity contribution in [2.75, 3.05) is 14.2 Å². The van der Waals surface area contributed by atoms with Crippen LogP contribution in [0.4, 0.5) is 0 Å². The van der Waals surface area contributed by atoms with E-state index in [0.29, 0.717) is 5.75 Å². The Morgan fingerprint density at radius 2 is 1.91 bits per heavy atom. The highest BCUT2D eigenvalue weighted by molar-refractivity contribution is 7.89. The number of hydrogen-bond donors (Lipinski definition) is 1. The van der Waals surface area contributed by atoms with Gasteiger partial charge in [0.2, 0.25) is 0 Å². The van der Waals surface area contributed by atoms with Crippen LogP contribution in [0, 0.1) is 0 Å². The summed E-state index contributed by atoms with van der Waals surface area (Å²) in [4.78, 5) is 11.7. The Balaban J connectivity index is 2.39. The molecule has 0 atom stereocenters. The van der Waals surface area contributed by atoms with Crippen molar-refractivity contribution in [1.29, 1.82) is 0 Å². The van der Waals surface area contributed by atoms with Crippen LogP contribution in [-0.2, 0) is 21.3 Å². The molecule has 0 aliphatic rings. The standard InChI is InChI=1S/C13H15N3O5S/c1-20-10-5-3-9(4-6-10)8-16-11(13(17)21-2)7-12(15-16)22(14,18)19/h3-7H,8H2,1-2H3,(H2,14,18,19). The molecule has 22 heavy (non-hydrogen) atoms. The number of benzene rings is 1. The van der Waals surface area contributed by atoms with Gasteiger partial charge < -0.3 is 9.47 Å². The number of esters is 1. The van der Waals surface area contributed by atoms with Crippen molar-refractivity contribution >= 4 is 16.0 Å². The third-order valence-electron chi connectivity index (χ3n) is 2.93. The van der Waals surface area contributed by atoms with Gasteiger partial charge in [-0.25, -0.2) is 18.4 Å². The number of sulfonamides is 1. The lowest BCUT2D eigenvalue weighted by Gasteiger charge is -2.07. The molecule has 0 saturated carbocycles. The highest BCUT2D eigenvalue weighted by atomic mass is 32.2. The zero-order valence-electron chi connectivity index (χ0n) is 12.0. The van der Waals surface area contributed by atoms with Crippen LogP contribution in [-0.4, -0.2) is 38.4 Å². The van der Waals surface area contributed by atoms with Crippen molar-refractivity contribution in [1.82, 2.24) is 9.78 Å². The Kier molecular flexibility index (Phi) is 4.48. The maximum absolute atomic E-state index is 11.7.